The number of methoxy groups -OCH3 is 1. The SMILES string of the molecule is COc1ccc([C@H](O)CN=[N+]=[N-])cc1Br. The Labute approximate surface area is 95.4 Å². The summed E-state index contributed by atoms with van der Waals surface area (Å²) in [4.78, 5) is 2.59. The third-order valence-electron chi connectivity index (χ3n) is 1.88. The number of halogens is 1. The zero-order valence-electron chi connectivity index (χ0n) is 8.09. The molecule has 1 aromatic rings. The summed E-state index contributed by atoms with van der Waals surface area (Å²) < 4.78 is 5.80. The van der Waals surface area contributed by atoms with Crippen molar-refractivity contribution in [1.82, 2.24) is 0 Å². The van der Waals surface area contributed by atoms with E-state index in [1.807, 2.05) is 0 Å². The van der Waals surface area contributed by atoms with Gasteiger partial charge in [0, 0.05) is 4.91 Å². The fraction of sp³-hybridized carbons (Fsp3) is 0.333. The summed E-state index contributed by atoms with van der Waals surface area (Å²) >= 11 is 3.30. The molecule has 0 amide bonds. The molecule has 0 aliphatic rings. The zero-order valence-corrected chi connectivity index (χ0v) is 9.68. The third-order valence-corrected chi connectivity index (χ3v) is 2.50. The first-order valence-corrected chi connectivity index (χ1v) is 5.00. The molecule has 0 spiro atoms. The van der Waals surface area contributed by atoms with Crippen LogP contribution in [0.15, 0.2) is 27.8 Å². The number of hydrogen-bond acceptors (Lipinski definition) is 3. The van der Waals surface area contributed by atoms with Crippen LogP contribution in [0.2, 0.25) is 0 Å². The predicted octanol–water partition coefficient (Wildman–Crippen LogP) is 2.80. The molecule has 1 aromatic carbocycles. The highest BCUT2D eigenvalue weighted by Crippen LogP contribution is 2.28. The minimum Gasteiger partial charge on any atom is -0.496 e. The van der Waals surface area contributed by atoms with E-state index >= 15 is 0 Å². The van der Waals surface area contributed by atoms with Crippen LogP contribution in [0.1, 0.15) is 11.7 Å². The minimum atomic E-state index is -0.789. The van der Waals surface area contributed by atoms with Crippen LogP contribution < -0.4 is 4.74 Å². The Morgan fingerprint density at radius 2 is 2.40 bits per heavy atom. The average molecular weight is 272 g/mol. The van der Waals surface area contributed by atoms with Crippen LogP contribution in [0.5, 0.6) is 5.75 Å². The molecule has 0 heterocycles. The fourth-order valence-electron chi connectivity index (χ4n) is 1.11. The summed E-state index contributed by atoms with van der Waals surface area (Å²) in [7, 11) is 1.57. The van der Waals surface area contributed by atoms with Crippen LogP contribution in [0, 0.1) is 0 Å². The Morgan fingerprint density at radius 1 is 1.67 bits per heavy atom. The molecule has 1 N–H and O–H groups in total. The monoisotopic (exact) mass is 271 g/mol. The van der Waals surface area contributed by atoms with Crippen LogP contribution in [0.4, 0.5) is 0 Å². The van der Waals surface area contributed by atoms with Crippen molar-refractivity contribution >= 4 is 15.9 Å². The molecular formula is C9H10BrN3O2. The topological polar surface area (TPSA) is 78.2 Å². The maximum absolute atomic E-state index is 9.61. The summed E-state index contributed by atoms with van der Waals surface area (Å²) in [5.74, 6) is 0.690. The number of aliphatic hydroxyl groups is 1. The van der Waals surface area contributed by atoms with E-state index in [-0.39, 0.29) is 6.54 Å². The van der Waals surface area contributed by atoms with Gasteiger partial charge in [0.05, 0.1) is 24.2 Å². The van der Waals surface area contributed by atoms with Gasteiger partial charge in [0.1, 0.15) is 5.75 Å². The fourth-order valence-corrected chi connectivity index (χ4v) is 1.67. The van der Waals surface area contributed by atoms with Crippen molar-refractivity contribution < 1.29 is 9.84 Å². The third kappa shape index (κ3) is 3.13. The van der Waals surface area contributed by atoms with Crippen molar-refractivity contribution in [3.05, 3.63) is 38.7 Å². The molecule has 0 aliphatic carbocycles. The Bertz CT molecular complexity index is 391. The van der Waals surface area contributed by atoms with Gasteiger partial charge in [0.2, 0.25) is 0 Å². The summed E-state index contributed by atoms with van der Waals surface area (Å²) in [5.41, 5.74) is 8.79. The van der Waals surface area contributed by atoms with Gasteiger partial charge in [0.15, 0.2) is 0 Å². The number of azide groups is 1. The van der Waals surface area contributed by atoms with Crippen molar-refractivity contribution in [3.8, 4) is 5.75 Å². The molecule has 80 valence electrons. The second-order valence-electron chi connectivity index (χ2n) is 2.82. The highest BCUT2D eigenvalue weighted by Gasteiger charge is 2.08. The summed E-state index contributed by atoms with van der Waals surface area (Å²) in [6.07, 6.45) is -0.789. The van der Waals surface area contributed by atoms with Crippen molar-refractivity contribution in [2.45, 2.75) is 6.10 Å². The van der Waals surface area contributed by atoms with Gasteiger partial charge in [0.25, 0.3) is 0 Å². The van der Waals surface area contributed by atoms with Gasteiger partial charge in [-0.2, -0.15) is 0 Å². The van der Waals surface area contributed by atoms with E-state index in [1.165, 1.54) is 0 Å². The molecule has 0 unspecified atom stereocenters. The van der Waals surface area contributed by atoms with Crippen LogP contribution in [0.25, 0.3) is 10.4 Å². The van der Waals surface area contributed by atoms with Crippen molar-refractivity contribution in [1.29, 1.82) is 0 Å². The first kappa shape index (κ1) is 11.8. The molecule has 0 saturated heterocycles. The Balaban J connectivity index is 2.86. The molecule has 6 heteroatoms. The van der Waals surface area contributed by atoms with E-state index in [2.05, 4.69) is 26.0 Å². The quantitative estimate of drug-likeness (QED) is 0.519. The molecule has 15 heavy (non-hydrogen) atoms. The molecule has 0 radical (unpaired) electrons. The number of aliphatic hydroxyl groups excluding tert-OH is 1. The van der Waals surface area contributed by atoms with E-state index < -0.39 is 6.10 Å². The smallest absolute Gasteiger partial charge is 0.133 e. The second kappa shape index (κ2) is 5.60. The lowest BCUT2D eigenvalue weighted by Gasteiger charge is -2.10. The van der Waals surface area contributed by atoms with Gasteiger partial charge in [-0.15, -0.1) is 0 Å². The molecule has 0 saturated carbocycles. The second-order valence-corrected chi connectivity index (χ2v) is 3.68. The standard InChI is InChI=1S/C9H10BrN3O2/c1-15-9-3-2-6(4-7(9)10)8(14)5-12-13-11/h2-4,8,14H,5H2,1H3/t8-/m1/s1. The lowest BCUT2D eigenvalue weighted by atomic mass is 10.1. The van der Waals surface area contributed by atoms with E-state index in [1.54, 1.807) is 25.3 Å². The van der Waals surface area contributed by atoms with Crippen molar-refractivity contribution in [3.63, 3.8) is 0 Å². The number of nitrogens with zero attached hydrogens (tertiary/aromatic N) is 3. The first-order chi connectivity index (χ1) is 7.19. The van der Waals surface area contributed by atoms with E-state index in [9.17, 15) is 5.11 Å². The largest absolute Gasteiger partial charge is 0.496 e. The number of ether oxygens (including phenoxy) is 1. The highest BCUT2D eigenvalue weighted by molar-refractivity contribution is 9.10. The number of benzene rings is 1. The summed E-state index contributed by atoms with van der Waals surface area (Å²) in [6, 6.07) is 5.19. The van der Waals surface area contributed by atoms with Crippen LogP contribution >= 0.6 is 15.9 Å². The van der Waals surface area contributed by atoms with Crippen LogP contribution in [-0.2, 0) is 0 Å². The number of hydrogen-bond donors (Lipinski definition) is 1. The highest BCUT2D eigenvalue weighted by atomic mass is 79.9. The molecule has 5 nitrogen and oxygen atoms in total. The zero-order chi connectivity index (χ0) is 11.3. The van der Waals surface area contributed by atoms with Crippen LogP contribution in [0.3, 0.4) is 0 Å². The molecular weight excluding hydrogens is 262 g/mol. The molecule has 0 bridgehead atoms. The van der Waals surface area contributed by atoms with Gasteiger partial charge in [-0.1, -0.05) is 11.2 Å². The minimum absolute atomic E-state index is 0.0231. The van der Waals surface area contributed by atoms with Gasteiger partial charge < -0.3 is 9.84 Å². The lowest BCUT2D eigenvalue weighted by molar-refractivity contribution is 0.186. The van der Waals surface area contributed by atoms with Crippen molar-refractivity contribution in [2.24, 2.45) is 5.11 Å². The molecule has 0 aliphatic heterocycles. The molecule has 0 aromatic heterocycles. The Kier molecular flexibility index (Phi) is 4.42. The van der Waals surface area contributed by atoms with Crippen LogP contribution in [-0.4, -0.2) is 18.8 Å². The summed E-state index contributed by atoms with van der Waals surface area (Å²) in [5, 5.41) is 12.9. The maximum atomic E-state index is 9.61. The van der Waals surface area contributed by atoms with Gasteiger partial charge >= 0.3 is 0 Å². The molecule has 1 rings (SSSR count). The van der Waals surface area contributed by atoms with E-state index in [4.69, 9.17) is 10.3 Å². The maximum Gasteiger partial charge on any atom is 0.133 e. The molecule has 1 atom stereocenters. The Hall–Kier alpha value is -1.23. The lowest BCUT2D eigenvalue weighted by Crippen LogP contribution is -2.01. The predicted molar refractivity (Wildman–Crippen MR) is 59.7 cm³/mol. The van der Waals surface area contributed by atoms with E-state index in [0.717, 1.165) is 4.47 Å². The van der Waals surface area contributed by atoms with E-state index in [0.29, 0.717) is 11.3 Å². The summed E-state index contributed by atoms with van der Waals surface area (Å²) in [6.45, 7) is 0.0231. The van der Waals surface area contributed by atoms with Gasteiger partial charge in [-0.05, 0) is 39.2 Å². The average Bonchev–Trinajstić information content (AvgIpc) is 2.25. The van der Waals surface area contributed by atoms with Crippen molar-refractivity contribution in [2.75, 3.05) is 13.7 Å². The van der Waals surface area contributed by atoms with Gasteiger partial charge in [-0.25, -0.2) is 0 Å². The number of rotatable bonds is 4. The van der Waals surface area contributed by atoms with Gasteiger partial charge in [-0.3, -0.25) is 0 Å². The molecule has 0 fully saturated rings. The Morgan fingerprint density at radius 3 is 2.93 bits per heavy atom. The first-order valence-electron chi connectivity index (χ1n) is 4.21. The normalized spacial score (nSPS) is 11.7.